The average Bonchev–Trinajstić information content (AvgIpc) is 3.00. The number of hydrogen-bond acceptors (Lipinski definition) is 5. The van der Waals surface area contributed by atoms with Gasteiger partial charge in [-0.25, -0.2) is 8.78 Å². The van der Waals surface area contributed by atoms with Crippen molar-refractivity contribution in [3.05, 3.63) is 73.8 Å². The molecular formula is C20H19Cl2F2N3O4. The molecule has 1 heterocycles. The van der Waals surface area contributed by atoms with Crippen LogP contribution in [0.25, 0.3) is 0 Å². The van der Waals surface area contributed by atoms with E-state index in [9.17, 15) is 28.8 Å². The zero-order valence-corrected chi connectivity index (χ0v) is 17.8. The van der Waals surface area contributed by atoms with Gasteiger partial charge in [0.2, 0.25) is 11.9 Å². The summed E-state index contributed by atoms with van der Waals surface area (Å²) in [5, 5.41) is 26.3. The van der Waals surface area contributed by atoms with E-state index in [1.54, 1.807) is 0 Å². The number of hydrogen-bond donors (Lipinski definition) is 3. The third-order valence-electron chi connectivity index (χ3n) is 5.51. The molecule has 0 unspecified atom stereocenters. The van der Waals surface area contributed by atoms with Crippen molar-refractivity contribution in [2.24, 2.45) is 0 Å². The third kappa shape index (κ3) is 4.36. The summed E-state index contributed by atoms with van der Waals surface area (Å²) in [4.78, 5) is 24.6. The van der Waals surface area contributed by atoms with Gasteiger partial charge >= 0.3 is 0 Å². The lowest BCUT2D eigenvalue weighted by atomic mass is 9.77. The number of nitrogens with one attached hydrogen (secondary N) is 2. The molecule has 1 fully saturated rings. The molecule has 0 spiro atoms. The quantitative estimate of drug-likeness (QED) is 0.437. The van der Waals surface area contributed by atoms with Gasteiger partial charge in [0.25, 0.3) is 0 Å². The first-order valence-corrected chi connectivity index (χ1v) is 10.1. The minimum Gasteiger partial charge on any atom is -0.396 e. The first-order chi connectivity index (χ1) is 14.6. The first-order valence-electron chi connectivity index (χ1n) is 9.32. The van der Waals surface area contributed by atoms with Gasteiger partial charge in [0.15, 0.2) is 0 Å². The van der Waals surface area contributed by atoms with Crippen molar-refractivity contribution in [3.8, 4) is 0 Å². The molecule has 0 aliphatic carbocycles. The van der Waals surface area contributed by atoms with Crippen molar-refractivity contribution in [2.75, 3.05) is 11.9 Å². The van der Waals surface area contributed by atoms with Crippen molar-refractivity contribution >= 4 is 34.8 Å². The number of rotatable bonds is 6. The number of benzene rings is 2. The zero-order valence-electron chi connectivity index (χ0n) is 16.2. The van der Waals surface area contributed by atoms with Crippen LogP contribution in [0.1, 0.15) is 24.8 Å². The molecular weight excluding hydrogens is 455 g/mol. The molecule has 3 N–H and O–H groups in total. The lowest BCUT2D eigenvalue weighted by Gasteiger charge is -2.30. The smallest absolute Gasteiger partial charge is 0.245 e. The zero-order chi connectivity index (χ0) is 22.9. The molecule has 1 aliphatic rings. The molecule has 0 saturated carbocycles. The van der Waals surface area contributed by atoms with Gasteiger partial charge in [0.1, 0.15) is 17.2 Å². The highest BCUT2D eigenvalue weighted by atomic mass is 35.5. The summed E-state index contributed by atoms with van der Waals surface area (Å²) in [7, 11) is 0. The number of amides is 1. The maximum Gasteiger partial charge on any atom is 0.245 e. The van der Waals surface area contributed by atoms with Gasteiger partial charge in [-0.3, -0.25) is 20.2 Å². The predicted octanol–water partition coefficient (Wildman–Crippen LogP) is 3.75. The lowest BCUT2D eigenvalue weighted by Crippen LogP contribution is -2.53. The molecule has 1 amide bonds. The molecule has 1 aliphatic heterocycles. The van der Waals surface area contributed by atoms with Crippen LogP contribution in [-0.2, 0) is 4.79 Å². The van der Waals surface area contributed by atoms with E-state index in [1.807, 2.05) is 0 Å². The molecule has 11 heteroatoms. The summed E-state index contributed by atoms with van der Waals surface area (Å²) >= 11 is 11.7. The van der Waals surface area contributed by atoms with Gasteiger partial charge in [-0.2, -0.15) is 0 Å². The molecule has 2 aromatic carbocycles. The van der Waals surface area contributed by atoms with E-state index in [-0.39, 0.29) is 34.3 Å². The van der Waals surface area contributed by atoms with Crippen LogP contribution >= 0.6 is 23.2 Å². The molecule has 0 radical (unpaired) electrons. The highest BCUT2D eigenvalue weighted by Crippen LogP contribution is 2.43. The number of halogens is 4. The van der Waals surface area contributed by atoms with Crippen LogP contribution in [-0.4, -0.2) is 40.2 Å². The summed E-state index contributed by atoms with van der Waals surface area (Å²) in [5.41, 5.74) is -1.60. The minimum absolute atomic E-state index is 0.0322. The number of nitrogens with zero attached hydrogens (tertiary/aromatic N) is 1. The monoisotopic (exact) mass is 473 g/mol. The second kappa shape index (κ2) is 9.04. The normalized spacial score (nSPS) is 25.4. The Labute approximate surface area is 186 Å². The molecule has 3 rings (SSSR count). The minimum atomic E-state index is -1.66. The Morgan fingerprint density at radius 1 is 1.29 bits per heavy atom. The third-order valence-corrected chi connectivity index (χ3v) is 6.09. The maximum absolute atomic E-state index is 14.9. The molecule has 166 valence electrons. The number of carbonyl (C=O) groups is 1. The number of aliphatic hydroxyl groups excluding tert-OH is 1. The highest BCUT2D eigenvalue weighted by Gasteiger charge is 2.61. The van der Waals surface area contributed by atoms with Gasteiger partial charge in [-0.15, -0.1) is 0 Å². The fourth-order valence-corrected chi connectivity index (χ4v) is 4.44. The Kier molecular flexibility index (Phi) is 6.80. The van der Waals surface area contributed by atoms with Gasteiger partial charge < -0.3 is 10.4 Å². The molecule has 7 nitrogen and oxygen atoms in total. The summed E-state index contributed by atoms with van der Waals surface area (Å²) in [6.45, 7) is 1.03. The summed E-state index contributed by atoms with van der Waals surface area (Å²) in [6, 6.07) is 5.27. The highest BCUT2D eigenvalue weighted by molar-refractivity contribution is 6.31. The lowest BCUT2D eigenvalue weighted by molar-refractivity contribution is -0.527. The number of nitro groups is 1. The Bertz CT molecular complexity index is 1030. The van der Waals surface area contributed by atoms with Crippen LogP contribution in [0.2, 0.25) is 10.0 Å². The number of carbonyl (C=O) groups excluding carboxylic acids is 1. The SMILES string of the molecule is C[C@@]1(C(=O)Nc2ccc(F)c(Cl)c2)N[C@@H](CCO)[C@@H]([N+](=O)[O-])[C@@H]1c1cccc(Cl)c1F. The van der Waals surface area contributed by atoms with Crippen molar-refractivity contribution in [2.45, 2.75) is 36.9 Å². The van der Waals surface area contributed by atoms with Gasteiger partial charge in [-0.05, 0) is 37.6 Å². The number of aliphatic hydroxyl groups is 1. The van der Waals surface area contributed by atoms with E-state index in [2.05, 4.69) is 10.6 Å². The van der Waals surface area contributed by atoms with Crippen molar-refractivity contribution in [1.82, 2.24) is 5.32 Å². The topological polar surface area (TPSA) is 104 Å². The van der Waals surface area contributed by atoms with Crippen LogP contribution in [0.3, 0.4) is 0 Å². The first kappa shape index (κ1) is 23.3. The second-order valence-electron chi connectivity index (χ2n) is 7.45. The Balaban J connectivity index is 2.08. The molecule has 2 aromatic rings. The Hall–Kier alpha value is -2.33. The van der Waals surface area contributed by atoms with Crippen molar-refractivity contribution in [1.29, 1.82) is 0 Å². The van der Waals surface area contributed by atoms with E-state index in [0.717, 1.165) is 6.07 Å². The van der Waals surface area contributed by atoms with E-state index in [1.165, 1.54) is 37.3 Å². The van der Waals surface area contributed by atoms with Crippen LogP contribution < -0.4 is 10.6 Å². The molecule has 31 heavy (non-hydrogen) atoms. The second-order valence-corrected chi connectivity index (χ2v) is 8.26. The van der Waals surface area contributed by atoms with Crippen LogP contribution in [0.4, 0.5) is 14.5 Å². The summed E-state index contributed by atoms with van der Waals surface area (Å²) in [6.07, 6.45) is -0.0322. The molecule has 0 aromatic heterocycles. The van der Waals surface area contributed by atoms with Crippen molar-refractivity contribution < 1.29 is 23.6 Å². The summed E-state index contributed by atoms with van der Waals surface area (Å²) in [5.74, 6) is -3.52. The Morgan fingerprint density at radius 2 is 2.00 bits per heavy atom. The van der Waals surface area contributed by atoms with E-state index >= 15 is 0 Å². The van der Waals surface area contributed by atoms with E-state index in [4.69, 9.17) is 23.2 Å². The maximum atomic E-state index is 14.9. The van der Waals surface area contributed by atoms with Crippen LogP contribution in [0.5, 0.6) is 0 Å². The molecule has 0 bridgehead atoms. The Morgan fingerprint density at radius 3 is 2.61 bits per heavy atom. The summed E-state index contributed by atoms with van der Waals surface area (Å²) < 4.78 is 28.4. The van der Waals surface area contributed by atoms with Crippen molar-refractivity contribution in [3.63, 3.8) is 0 Å². The molecule has 4 atom stereocenters. The van der Waals surface area contributed by atoms with Crippen LogP contribution in [0, 0.1) is 21.7 Å². The average molecular weight is 474 g/mol. The van der Waals surface area contributed by atoms with Crippen LogP contribution in [0.15, 0.2) is 36.4 Å². The molecule has 1 saturated heterocycles. The fourth-order valence-electron chi connectivity index (χ4n) is 4.08. The standard InChI is InChI=1S/C20H19Cl2F2N3O4/c1-20(19(29)25-10-5-6-14(23)13(22)9-10)16(11-3-2-4-12(21)17(11)24)18(27(30)31)15(26-20)7-8-28/h2-6,9,15-16,18,26,28H,7-8H2,1H3,(H,25,29)/t15-,16-,18+,20+/m0/s1. The predicted molar refractivity (Wildman–Crippen MR) is 112 cm³/mol. The van der Waals surface area contributed by atoms with Gasteiger partial charge in [0.05, 0.1) is 22.0 Å². The largest absolute Gasteiger partial charge is 0.396 e. The fraction of sp³-hybridized carbons (Fsp3) is 0.350. The van der Waals surface area contributed by atoms with Gasteiger partial charge in [-0.1, -0.05) is 35.3 Å². The number of anilines is 1. The van der Waals surface area contributed by atoms with E-state index in [0.29, 0.717) is 0 Å². The van der Waals surface area contributed by atoms with Gasteiger partial charge in [0, 0.05) is 22.8 Å². The van der Waals surface area contributed by atoms with E-state index < -0.39 is 46.0 Å².